The second kappa shape index (κ2) is 7.70. The summed E-state index contributed by atoms with van der Waals surface area (Å²) in [5.41, 5.74) is 10.5. The number of amides is 2. The van der Waals surface area contributed by atoms with Crippen molar-refractivity contribution >= 4 is 24.9 Å². The van der Waals surface area contributed by atoms with E-state index in [1.165, 1.54) is 0 Å². The van der Waals surface area contributed by atoms with Gasteiger partial charge in [-0.3, -0.25) is 14.5 Å². The molecule has 0 bridgehead atoms. The van der Waals surface area contributed by atoms with Gasteiger partial charge < -0.3 is 36.3 Å². The molecular weight excluding hydrogens is 407 g/mol. The lowest BCUT2D eigenvalue weighted by Crippen LogP contribution is -2.64. The molecule has 7 N–H and O–H groups in total. The number of nitrogens with zero attached hydrogens (tertiary/aromatic N) is 1. The Labute approximate surface area is 178 Å². The molecular formula is C19H25BN4O7. The molecule has 3 aliphatic rings. The minimum Gasteiger partial charge on any atom is -0.535 e. The minimum atomic E-state index is -1.23. The average molecular weight is 432 g/mol. The van der Waals surface area contributed by atoms with Gasteiger partial charge in [0.25, 0.3) is 0 Å². The van der Waals surface area contributed by atoms with Gasteiger partial charge in [-0.25, -0.2) is 4.79 Å². The zero-order chi connectivity index (χ0) is 22.5. The van der Waals surface area contributed by atoms with Crippen molar-refractivity contribution in [2.75, 3.05) is 26.2 Å². The number of carbonyl (C=O) groups is 3. The van der Waals surface area contributed by atoms with Gasteiger partial charge in [-0.05, 0) is 30.9 Å². The fourth-order valence-electron chi connectivity index (χ4n) is 4.21. The van der Waals surface area contributed by atoms with Crippen LogP contribution < -0.4 is 26.2 Å². The van der Waals surface area contributed by atoms with Gasteiger partial charge in [0.2, 0.25) is 11.8 Å². The summed E-state index contributed by atoms with van der Waals surface area (Å²) in [7, 11) is -1.01. The highest BCUT2D eigenvalue weighted by molar-refractivity contribution is 6.48. The van der Waals surface area contributed by atoms with Crippen molar-refractivity contribution in [1.82, 2.24) is 10.2 Å². The van der Waals surface area contributed by atoms with Gasteiger partial charge >= 0.3 is 13.1 Å². The molecule has 12 heteroatoms. The number of rotatable bonds is 8. The molecule has 3 atom stereocenters. The third-order valence-corrected chi connectivity index (χ3v) is 5.92. The molecule has 2 amide bonds. The Kier molecular flexibility index (Phi) is 5.32. The van der Waals surface area contributed by atoms with E-state index in [0.717, 1.165) is 12.0 Å². The number of primary amides is 1. The van der Waals surface area contributed by atoms with E-state index in [9.17, 15) is 24.5 Å². The molecule has 166 valence electrons. The molecule has 2 heterocycles. The van der Waals surface area contributed by atoms with Crippen molar-refractivity contribution in [2.24, 2.45) is 11.5 Å². The van der Waals surface area contributed by atoms with Crippen LogP contribution >= 0.6 is 0 Å². The van der Waals surface area contributed by atoms with E-state index in [1.807, 2.05) is 4.90 Å². The summed E-state index contributed by atoms with van der Waals surface area (Å²) in [6.07, 6.45) is 0.485. The Morgan fingerprint density at radius 3 is 2.74 bits per heavy atom. The summed E-state index contributed by atoms with van der Waals surface area (Å²) < 4.78 is 11.4. The number of benzene rings is 1. The first-order chi connectivity index (χ1) is 14.6. The zero-order valence-corrected chi connectivity index (χ0v) is 17.0. The van der Waals surface area contributed by atoms with Crippen LogP contribution in [0.2, 0.25) is 5.82 Å². The number of ether oxygens (including phenoxy) is 1. The largest absolute Gasteiger partial charge is 0.535 e. The van der Waals surface area contributed by atoms with Crippen LogP contribution in [0.5, 0.6) is 11.5 Å². The summed E-state index contributed by atoms with van der Waals surface area (Å²) in [4.78, 5) is 36.7. The molecule has 1 saturated carbocycles. The molecule has 4 rings (SSSR count). The van der Waals surface area contributed by atoms with Crippen molar-refractivity contribution < 1.29 is 33.9 Å². The number of carbonyl (C=O) groups excluding carboxylic acids is 2. The maximum atomic E-state index is 12.1. The number of aromatic carboxylic acids is 1. The first kappa shape index (κ1) is 21.4. The zero-order valence-electron chi connectivity index (χ0n) is 17.0. The van der Waals surface area contributed by atoms with E-state index in [1.54, 1.807) is 19.1 Å². The molecule has 31 heavy (non-hydrogen) atoms. The van der Waals surface area contributed by atoms with Crippen molar-refractivity contribution in [3.05, 3.63) is 23.3 Å². The van der Waals surface area contributed by atoms with Crippen LogP contribution in [0.4, 0.5) is 0 Å². The summed E-state index contributed by atoms with van der Waals surface area (Å²) in [6.45, 7) is 2.38. The van der Waals surface area contributed by atoms with Gasteiger partial charge in [0.05, 0.1) is 6.54 Å². The SMILES string of the molecule is C[C@](N)(CN1CC(Oc2ccc3c(c2C(=O)O)OB(O)[C@@H]2C[C@H]32)C1)C(=O)NCC(N)=O. The summed E-state index contributed by atoms with van der Waals surface area (Å²) in [5.74, 6) is -1.85. The summed E-state index contributed by atoms with van der Waals surface area (Å²) >= 11 is 0. The highest BCUT2D eigenvalue weighted by atomic mass is 16.5. The lowest BCUT2D eigenvalue weighted by Gasteiger charge is -2.42. The van der Waals surface area contributed by atoms with Crippen LogP contribution in [-0.2, 0) is 9.59 Å². The Balaban J connectivity index is 1.38. The third-order valence-electron chi connectivity index (χ3n) is 5.92. The van der Waals surface area contributed by atoms with E-state index in [4.69, 9.17) is 20.9 Å². The van der Waals surface area contributed by atoms with Gasteiger partial charge in [-0.1, -0.05) is 6.07 Å². The molecule has 1 aromatic rings. The molecule has 0 aromatic heterocycles. The van der Waals surface area contributed by atoms with Gasteiger partial charge in [0.15, 0.2) is 0 Å². The fraction of sp³-hybridized carbons (Fsp3) is 0.526. The molecule has 2 aliphatic heterocycles. The molecule has 0 spiro atoms. The van der Waals surface area contributed by atoms with Crippen LogP contribution in [0.3, 0.4) is 0 Å². The quantitative estimate of drug-likeness (QED) is 0.306. The Morgan fingerprint density at radius 1 is 1.39 bits per heavy atom. The Morgan fingerprint density at radius 2 is 2.10 bits per heavy atom. The van der Waals surface area contributed by atoms with Gasteiger partial charge in [0.1, 0.15) is 28.7 Å². The monoisotopic (exact) mass is 432 g/mol. The van der Waals surface area contributed by atoms with Crippen LogP contribution in [0, 0.1) is 0 Å². The number of nitrogens with two attached hydrogens (primary N) is 2. The van der Waals surface area contributed by atoms with Gasteiger partial charge in [0, 0.05) is 25.5 Å². The van der Waals surface area contributed by atoms with Crippen LogP contribution in [0.15, 0.2) is 12.1 Å². The standard InChI is InChI=1S/C19H25BN4O7/c1-19(22,18(28)23-5-14(21)25)8-24-6-9(7-24)30-13-3-2-10-11-4-12(11)20(29)31-16(10)15(13)17(26)27/h2-3,9,11-12,29H,4-8,22H2,1H3,(H2,21,25)(H,23,28)(H,26,27)/t11-,12-,19+/m1/s1. The lowest BCUT2D eigenvalue weighted by atomic mass is 9.77. The molecule has 1 aliphatic carbocycles. The van der Waals surface area contributed by atoms with Gasteiger partial charge in [-0.2, -0.15) is 0 Å². The van der Waals surface area contributed by atoms with E-state index in [0.29, 0.717) is 13.1 Å². The van der Waals surface area contributed by atoms with E-state index in [2.05, 4.69) is 5.32 Å². The maximum absolute atomic E-state index is 12.1. The van der Waals surface area contributed by atoms with Crippen LogP contribution in [-0.4, -0.2) is 77.8 Å². The number of carboxylic acids is 1. The normalized spacial score (nSPS) is 24.0. The Hall–Kier alpha value is -2.83. The maximum Gasteiger partial charge on any atom is 0.526 e. The Bertz CT molecular complexity index is 934. The number of nitrogens with one attached hydrogen (secondary N) is 1. The minimum absolute atomic E-state index is 0.0202. The third kappa shape index (κ3) is 4.18. The fourth-order valence-corrected chi connectivity index (χ4v) is 4.21. The van der Waals surface area contributed by atoms with Crippen molar-refractivity contribution in [1.29, 1.82) is 0 Å². The smallest absolute Gasteiger partial charge is 0.526 e. The number of hydrogen-bond donors (Lipinski definition) is 5. The van der Waals surface area contributed by atoms with Crippen LogP contribution in [0.1, 0.15) is 35.2 Å². The molecule has 0 radical (unpaired) electrons. The average Bonchev–Trinajstić information content (AvgIpc) is 3.45. The molecule has 11 nitrogen and oxygen atoms in total. The van der Waals surface area contributed by atoms with E-state index in [-0.39, 0.29) is 48.0 Å². The van der Waals surface area contributed by atoms with Crippen molar-refractivity contribution in [3.8, 4) is 11.5 Å². The molecule has 0 unspecified atom stereocenters. The van der Waals surface area contributed by atoms with Crippen molar-refractivity contribution in [2.45, 2.75) is 36.7 Å². The van der Waals surface area contributed by atoms with E-state index >= 15 is 0 Å². The number of hydrogen-bond acceptors (Lipinski definition) is 8. The first-order valence-corrected chi connectivity index (χ1v) is 10.1. The number of fused-ring (bicyclic) bond motifs is 3. The molecule has 1 aromatic carbocycles. The topological polar surface area (TPSA) is 177 Å². The second-order valence-electron chi connectivity index (χ2n) is 8.68. The first-order valence-electron chi connectivity index (χ1n) is 10.1. The summed E-state index contributed by atoms with van der Waals surface area (Å²) in [5, 5.41) is 22.1. The highest BCUT2D eigenvalue weighted by Gasteiger charge is 2.54. The van der Waals surface area contributed by atoms with E-state index < -0.39 is 30.4 Å². The van der Waals surface area contributed by atoms with Crippen molar-refractivity contribution in [3.63, 3.8) is 0 Å². The summed E-state index contributed by atoms with van der Waals surface area (Å²) in [6, 6.07) is 3.43. The van der Waals surface area contributed by atoms with Gasteiger partial charge in [-0.15, -0.1) is 0 Å². The number of likely N-dealkylation sites (tertiary alicyclic amines) is 1. The number of carboxylic acid groups (broad SMARTS) is 1. The molecule has 1 saturated heterocycles. The predicted molar refractivity (Wildman–Crippen MR) is 109 cm³/mol. The predicted octanol–water partition coefficient (Wildman–Crippen LogP) is -1.50. The highest BCUT2D eigenvalue weighted by Crippen LogP contribution is 2.60. The molecule has 2 fully saturated rings. The second-order valence-corrected chi connectivity index (χ2v) is 8.68. The lowest BCUT2D eigenvalue weighted by molar-refractivity contribution is -0.129. The van der Waals surface area contributed by atoms with Crippen LogP contribution in [0.25, 0.3) is 0 Å².